The summed E-state index contributed by atoms with van der Waals surface area (Å²) in [6, 6.07) is 0. The molecule has 186 valence electrons. The number of hydrogen-bond acceptors (Lipinski definition) is 9. The molecule has 3 amide bonds. The van der Waals surface area contributed by atoms with Crippen LogP contribution in [-0.4, -0.2) is 72.5 Å². The van der Waals surface area contributed by atoms with Crippen molar-refractivity contribution in [1.29, 1.82) is 0 Å². The van der Waals surface area contributed by atoms with Gasteiger partial charge in [-0.15, -0.1) is 0 Å². The molecule has 0 radical (unpaired) electrons. The number of carbonyl (C=O) groups is 7. The van der Waals surface area contributed by atoms with Gasteiger partial charge in [0.05, 0.1) is 12.5 Å². The summed E-state index contributed by atoms with van der Waals surface area (Å²) in [6.07, 6.45) is 4.81. The van der Waals surface area contributed by atoms with Gasteiger partial charge in [-0.3, -0.25) is 28.8 Å². The second kappa shape index (κ2) is 17.1. The minimum Gasteiger partial charge on any atom is -0.481 e. The van der Waals surface area contributed by atoms with Gasteiger partial charge < -0.3 is 35.6 Å². The molecule has 0 unspecified atom stereocenters. The van der Waals surface area contributed by atoms with Gasteiger partial charge in [-0.05, 0) is 12.8 Å². The molecule has 34 heavy (non-hydrogen) atoms. The lowest BCUT2D eigenvalue weighted by Crippen LogP contribution is -2.51. The molecule has 14 heteroatoms. The van der Waals surface area contributed by atoms with Crippen molar-refractivity contribution in [3.05, 3.63) is 36.8 Å². The fourth-order valence-corrected chi connectivity index (χ4v) is 2.48. The van der Waals surface area contributed by atoms with E-state index >= 15 is 0 Å². The predicted molar refractivity (Wildman–Crippen MR) is 112 cm³/mol. The van der Waals surface area contributed by atoms with E-state index in [2.05, 4.69) is 25.4 Å². The Morgan fingerprint density at radius 1 is 0.706 bits per heavy atom. The maximum atomic E-state index is 12.0. The number of hydrogen-bond donors (Lipinski definition) is 5. The zero-order valence-electron chi connectivity index (χ0n) is 17.9. The molecule has 0 bridgehead atoms. The molecule has 0 spiro atoms. The Kier molecular flexibility index (Phi) is 14.9. The second-order valence-electron chi connectivity index (χ2n) is 6.64. The van der Waals surface area contributed by atoms with Crippen molar-refractivity contribution in [1.82, 2.24) is 16.0 Å². The molecule has 0 aliphatic heterocycles. The lowest BCUT2D eigenvalue weighted by Gasteiger charge is -2.34. The van der Waals surface area contributed by atoms with E-state index in [0.29, 0.717) is 6.08 Å². The van der Waals surface area contributed by atoms with Crippen LogP contribution in [0.5, 0.6) is 0 Å². The van der Waals surface area contributed by atoms with Crippen LogP contribution in [0, 0.1) is 5.41 Å². The molecule has 0 aliphatic carbocycles. The minimum absolute atomic E-state index is 0.0948. The van der Waals surface area contributed by atoms with E-state index in [1.165, 1.54) is 0 Å². The van der Waals surface area contributed by atoms with Crippen LogP contribution >= 0.6 is 0 Å². The van der Waals surface area contributed by atoms with Crippen LogP contribution in [-0.2, 0) is 43.0 Å². The Labute approximate surface area is 193 Å². The summed E-state index contributed by atoms with van der Waals surface area (Å²) in [5, 5.41) is 25.0. The van der Waals surface area contributed by atoms with Crippen molar-refractivity contribution in [3.63, 3.8) is 0 Å². The van der Waals surface area contributed by atoms with Gasteiger partial charge in [0.25, 0.3) is 12.9 Å². The SMILES string of the molecule is O=CO/C=C\C(=O)NCC(CCCC(=O)O)(CNC(=O)/C=C\OC=O)CNC(=O)/C=C\C(=O)O. The molecular weight excluding hydrogens is 458 g/mol. The van der Waals surface area contributed by atoms with Gasteiger partial charge in [-0.2, -0.15) is 0 Å². The summed E-state index contributed by atoms with van der Waals surface area (Å²) >= 11 is 0. The molecule has 0 rings (SSSR count). The average Bonchev–Trinajstić information content (AvgIpc) is 2.78. The number of carboxylic acids is 2. The first kappa shape index (κ1) is 29.5. The lowest BCUT2D eigenvalue weighted by atomic mass is 9.81. The van der Waals surface area contributed by atoms with E-state index in [4.69, 9.17) is 10.2 Å². The molecule has 0 saturated carbocycles. The summed E-state index contributed by atoms with van der Waals surface area (Å²) in [4.78, 5) is 77.7. The van der Waals surface area contributed by atoms with Crippen LogP contribution in [0.15, 0.2) is 36.8 Å². The summed E-state index contributed by atoms with van der Waals surface area (Å²) in [5.74, 6) is -4.59. The van der Waals surface area contributed by atoms with Crippen molar-refractivity contribution in [2.24, 2.45) is 5.41 Å². The van der Waals surface area contributed by atoms with Crippen LogP contribution in [0.3, 0.4) is 0 Å². The first-order chi connectivity index (χ1) is 16.1. The smallest absolute Gasteiger partial charge is 0.328 e. The first-order valence-electron chi connectivity index (χ1n) is 9.62. The highest BCUT2D eigenvalue weighted by atomic mass is 16.5. The van der Waals surface area contributed by atoms with Crippen LogP contribution in [0.4, 0.5) is 0 Å². The van der Waals surface area contributed by atoms with Crippen LogP contribution in [0.2, 0.25) is 0 Å². The van der Waals surface area contributed by atoms with Crippen molar-refractivity contribution in [2.45, 2.75) is 19.3 Å². The number of amides is 3. The molecule has 0 heterocycles. The van der Waals surface area contributed by atoms with Gasteiger partial charge in [0.1, 0.15) is 0 Å². The third-order valence-corrected chi connectivity index (χ3v) is 4.09. The average molecular weight is 483 g/mol. The Morgan fingerprint density at radius 2 is 1.15 bits per heavy atom. The van der Waals surface area contributed by atoms with Crippen molar-refractivity contribution < 1.29 is 53.2 Å². The Bertz CT molecular complexity index is 798. The van der Waals surface area contributed by atoms with E-state index in [-0.39, 0.29) is 51.8 Å². The van der Waals surface area contributed by atoms with E-state index in [1.54, 1.807) is 0 Å². The highest BCUT2D eigenvalue weighted by Crippen LogP contribution is 2.23. The molecule has 0 atom stereocenters. The Balaban J connectivity index is 5.62. The number of aliphatic carboxylic acids is 2. The fraction of sp³-hybridized carbons (Fsp3) is 0.350. The number of carboxylic acid groups (broad SMARTS) is 2. The standard InChI is InChI=1S/C20H25N3O11/c24-13-33-8-5-16(27)22-11-20(7-1-2-18(29)30,10-21-15(26)3-4-19(31)32)12-23-17(28)6-9-34-14-25/h3-6,8-9,13-14H,1-2,7,10-12H2,(H,21,26)(H,22,27)(H,23,28)(H,29,30)(H,31,32)/b4-3-,8-5-,9-6-. The third-order valence-electron chi connectivity index (χ3n) is 4.09. The van der Waals surface area contributed by atoms with E-state index in [1.807, 2.05) is 0 Å². The Hall–Kier alpha value is -4.49. The van der Waals surface area contributed by atoms with Gasteiger partial charge in [0.15, 0.2) is 0 Å². The molecule has 0 fully saturated rings. The minimum atomic E-state index is -1.35. The predicted octanol–water partition coefficient (Wildman–Crippen LogP) is -1.41. The highest BCUT2D eigenvalue weighted by molar-refractivity contribution is 5.94. The summed E-state index contributed by atoms with van der Waals surface area (Å²) in [7, 11) is 0. The third kappa shape index (κ3) is 15.3. The molecule has 14 nitrogen and oxygen atoms in total. The Morgan fingerprint density at radius 3 is 1.53 bits per heavy atom. The molecule has 0 aromatic rings. The monoisotopic (exact) mass is 483 g/mol. The molecule has 0 saturated heterocycles. The lowest BCUT2D eigenvalue weighted by molar-refractivity contribution is -0.137. The van der Waals surface area contributed by atoms with Gasteiger partial charge in [-0.1, -0.05) is 0 Å². The van der Waals surface area contributed by atoms with Crippen LogP contribution in [0.1, 0.15) is 19.3 Å². The fourth-order valence-electron chi connectivity index (χ4n) is 2.48. The molecule has 5 N–H and O–H groups in total. The zero-order chi connectivity index (χ0) is 25.8. The highest BCUT2D eigenvalue weighted by Gasteiger charge is 2.31. The molecular formula is C20H25N3O11. The van der Waals surface area contributed by atoms with Gasteiger partial charge >= 0.3 is 11.9 Å². The molecule has 0 aromatic heterocycles. The van der Waals surface area contributed by atoms with Crippen molar-refractivity contribution >= 4 is 42.6 Å². The number of rotatable bonds is 18. The summed E-state index contributed by atoms with van der Waals surface area (Å²) < 4.78 is 8.55. The van der Waals surface area contributed by atoms with Crippen LogP contribution < -0.4 is 16.0 Å². The quantitative estimate of drug-likeness (QED) is 0.0867. The normalized spacial score (nSPS) is 11.2. The number of nitrogens with one attached hydrogen (secondary N) is 3. The van der Waals surface area contributed by atoms with E-state index in [0.717, 1.165) is 30.8 Å². The maximum absolute atomic E-state index is 12.0. The van der Waals surface area contributed by atoms with E-state index in [9.17, 15) is 33.6 Å². The largest absolute Gasteiger partial charge is 0.481 e. The number of carbonyl (C=O) groups excluding carboxylic acids is 5. The van der Waals surface area contributed by atoms with Crippen LogP contribution in [0.25, 0.3) is 0 Å². The van der Waals surface area contributed by atoms with Gasteiger partial charge in [0.2, 0.25) is 17.7 Å². The first-order valence-corrected chi connectivity index (χ1v) is 9.62. The maximum Gasteiger partial charge on any atom is 0.328 e. The summed E-state index contributed by atoms with van der Waals surface area (Å²) in [6.45, 7) is -0.350. The second-order valence-corrected chi connectivity index (χ2v) is 6.64. The zero-order valence-corrected chi connectivity index (χ0v) is 17.9. The molecule has 0 aromatic carbocycles. The van der Waals surface area contributed by atoms with E-state index < -0.39 is 35.1 Å². The molecule has 0 aliphatic rings. The number of ether oxygens (including phenoxy) is 2. The van der Waals surface area contributed by atoms with Crippen molar-refractivity contribution in [2.75, 3.05) is 19.6 Å². The van der Waals surface area contributed by atoms with Gasteiger partial charge in [-0.25, -0.2) is 4.79 Å². The van der Waals surface area contributed by atoms with Gasteiger partial charge in [0, 0.05) is 55.8 Å². The summed E-state index contributed by atoms with van der Waals surface area (Å²) in [5.41, 5.74) is -1.12. The van der Waals surface area contributed by atoms with Crippen molar-refractivity contribution in [3.8, 4) is 0 Å². The topological polar surface area (TPSA) is 214 Å².